The van der Waals surface area contributed by atoms with Crippen molar-refractivity contribution in [3.05, 3.63) is 110 Å². The molecule has 0 aliphatic rings. The van der Waals surface area contributed by atoms with Crippen molar-refractivity contribution in [3.8, 4) is 5.75 Å². The molecule has 4 heterocycles. The van der Waals surface area contributed by atoms with Crippen molar-refractivity contribution in [2.24, 2.45) is 0 Å². The van der Waals surface area contributed by atoms with Gasteiger partial charge in [0.05, 0.1) is 10.0 Å². The molecule has 1 aromatic carbocycles. The molecule has 5 aromatic rings. The van der Waals surface area contributed by atoms with Crippen molar-refractivity contribution in [3.63, 3.8) is 0 Å². The number of para-hydroxylation sites is 1. The molecule has 4 aromatic heterocycles. The second kappa shape index (κ2) is 22.8. The summed E-state index contributed by atoms with van der Waals surface area (Å²) < 4.78 is 34.0. The smallest absolute Gasteiger partial charge is 0.261 e. The summed E-state index contributed by atoms with van der Waals surface area (Å²) >= 11 is 38.5. The van der Waals surface area contributed by atoms with Crippen LogP contribution in [0.3, 0.4) is 0 Å². The molecular weight excluding hydrogens is 962 g/mol. The molecule has 0 radical (unpaired) electrons. The van der Waals surface area contributed by atoms with Gasteiger partial charge in [0.25, 0.3) is 10.4 Å². The number of rotatable bonds is 12. The van der Waals surface area contributed by atoms with Crippen molar-refractivity contribution in [1.82, 2.24) is 30.4 Å². The largest absolute Gasteiger partial charge is 0.470 e. The third kappa shape index (κ3) is 16.4. The minimum atomic E-state index is -1.93. The van der Waals surface area contributed by atoms with Crippen LogP contribution >= 0.6 is 82.4 Å². The molecule has 0 saturated carbocycles. The van der Waals surface area contributed by atoms with Crippen molar-refractivity contribution in [1.29, 1.82) is 0 Å². The number of hydrogen-bond acceptors (Lipinski definition) is 15. The van der Waals surface area contributed by atoms with E-state index in [1.165, 1.54) is 18.5 Å². The maximum Gasteiger partial charge on any atom is 0.261 e. The van der Waals surface area contributed by atoms with Gasteiger partial charge < -0.3 is 32.3 Å². The Labute approximate surface area is 394 Å². The second-order valence-corrected chi connectivity index (χ2v) is 29.0. The van der Waals surface area contributed by atoms with Crippen LogP contribution in [0, 0.1) is 0 Å². The number of aromatic nitrogens is 6. The zero-order valence-electron chi connectivity index (χ0n) is 35.6. The summed E-state index contributed by atoms with van der Waals surface area (Å²) in [6.45, 7) is 23.7. The van der Waals surface area contributed by atoms with Gasteiger partial charge in [-0.15, -0.1) is 20.4 Å². The van der Waals surface area contributed by atoms with Gasteiger partial charge in [-0.3, -0.25) is 0 Å². The first-order valence-corrected chi connectivity index (χ1v) is 27.0. The first-order chi connectivity index (χ1) is 28.2. The van der Waals surface area contributed by atoms with E-state index in [-0.39, 0.29) is 54.9 Å². The lowest BCUT2D eigenvalue weighted by Crippen LogP contribution is -2.40. The SMILES string of the molecule is CC(=S)OC(c1cnc(Cl)c(Cl)c1)c1nnc(CO[Si](C)(C)C(C)(C)C)o1.CC(C)(C)[Si](C)(C)OCc1nnc(C(O)c2cnc(Cl)c(Cl)c2)o1.S=C(Cl)Oc1ccccc1. The molecule has 332 valence electrons. The molecule has 1 N–H and O–H groups in total. The van der Waals surface area contributed by atoms with Crippen LogP contribution in [0.15, 0.2) is 63.7 Å². The van der Waals surface area contributed by atoms with E-state index in [0.717, 1.165) is 0 Å². The zero-order chi connectivity index (χ0) is 45.9. The quantitative estimate of drug-likeness (QED) is 0.0544. The maximum atomic E-state index is 10.3. The molecule has 22 heteroatoms. The minimum Gasteiger partial charge on any atom is -0.470 e. The molecule has 2 atom stereocenters. The Balaban J connectivity index is 0.000000267. The van der Waals surface area contributed by atoms with Crippen LogP contribution in [-0.4, -0.2) is 61.7 Å². The molecule has 0 aliphatic heterocycles. The monoisotopic (exact) mass is 1010 g/mol. The number of ether oxygens (including phenoxy) is 2. The topological polar surface area (TPSA) is 161 Å². The summed E-state index contributed by atoms with van der Waals surface area (Å²) in [5, 5.41) is 27.7. The number of aliphatic hydroxyl groups excluding tert-OH is 1. The number of benzene rings is 1. The van der Waals surface area contributed by atoms with Crippen LogP contribution in [0.2, 0.25) is 56.6 Å². The van der Waals surface area contributed by atoms with Crippen LogP contribution < -0.4 is 4.74 Å². The normalized spacial score (nSPS) is 12.9. The average molecular weight is 1010 g/mol. The molecule has 0 bridgehead atoms. The molecular formula is C39H49Cl5N6O7S2Si2. The van der Waals surface area contributed by atoms with Gasteiger partial charge in [-0.05, 0) is 96.6 Å². The lowest BCUT2D eigenvalue weighted by atomic mass is 10.1. The highest BCUT2D eigenvalue weighted by molar-refractivity contribution is 7.82. The predicted octanol–water partition coefficient (Wildman–Crippen LogP) is 12.7. The molecule has 0 aliphatic carbocycles. The van der Waals surface area contributed by atoms with Gasteiger partial charge in [-0.2, -0.15) is 0 Å². The predicted molar refractivity (Wildman–Crippen MR) is 252 cm³/mol. The number of aliphatic hydroxyl groups is 1. The highest BCUT2D eigenvalue weighted by atomic mass is 35.5. The van der Waals surface area contributed by atoms with Gasteiger partial charge >= 0.3 is 0 Å². The Morgan fingerprint density at radius 1 is 0.721 bits per heavy atom. The van der Waals surface area contributed by atoms with Crippen LogP contribution in [-0.2, 0) is 26.8 Å². The standard InChI is InChI=1S/C17H23Cl2N3O3SSi.C15H21Cl2N3O3Si.C7H5ClOS/c1-10(26)24-14(11-7-12(18)15(19)20-8-11)16-22-21-13(25-16)9-23-27(5,6)17(2,3)4;1-15(2,3)24(4,5)22-8-11-19-20-14(23-11)12(21)9-6-10(16)13(17)18-7-9;8-7(10)9-6-4-2-1-3-5-6/h7-8,14H,9H2,1-6H3;6-7,12,21H,8H2,1-5H3;1-5H. The highest BCUT2D eigenvalue weighted by Crippen LogP contribution is 2.38. The number of thiocarbonyl (C=S) groups is 2. The molecule has 0 spiro atoms. The van der Waals surface area contributed by atoms with Crippen LogP contribution in [0.25, 0.3) is 0 Å². The summed E-state index contributed by atoms with van der Waals surface area (Å²) in [4.78, 5) is 7.93. The average Bonchev–Trinajstić information content (AvgIpc) is 3.84. The fourth-order valence-corrected chi connectivity index (χ4v) is 6.77. The van der Waals surface area contributed by atoms with Gasteiger partial charge in [-0.1, -0.05) is 106 Å². The fraction of sp³-hybridized carbons (Fsp3) is 0.436. The minimum absolute atomic E-state index is 0.0196. The fourth-order valence-electron chi connectivity index (χ4n) is 4.10. The van der Waals surface area contributed by atoms with E-state index >= 15 is 0 Å². The Morgan fingerprint density at radius 3 is 1.61 bits per heavy atom. The van der Waals surface area contributed by atoms with E-state index in [1.807, 2.05) is 18.2 Å². The molecule has 0 amide bonds. The molecule has 0 fully saturated rings. The van der Waals surface area contributed by atoms with E-state index in [0.29, 0.717) is 38.7 Å². The van der Waals surface area contributed by atoms with Gasteiger partial charge in [0.1, 0.15) is 29.3 Å². The zero-order valence-corrected chi connectivity index (χ0v) is 43.0. The van der Waals surface area contributed by atoms with E-state index in [1.54, 1.807) is 25.1 Å². The number of nitrogens with zero attached hydrogens (tertiary/aromatic N) is 6. The second-order valence-electron chi connectivity index (χ2n) is 16.3. The summed E-state index contributed by atoms with van der Waals surface area (Å²) in [5.74, 6) is 1.67. The van der Waals surface area contributed by atoms with Crippen molar-refractivity contribution < 1.29 is 32.3 Å². The summed E-state index contributed by atoms with van der Waals surface area (Å²) in [5.41, 5.74) is 1.03. The summed E-state index contributed by atoms with van der Waals surface area (Å²) in [6.07, 6.45) is 1.10. The molecule has 2 unspecified atom stereocenters. The first-order valence-electron chi connectivity index (χ1n) is 18.5. The Morgan fingerprint density at radius 2 is 1.16 bits per heavy atom. The number of hydrogen-bond donors (Lipinski definition) is 1. The first kappa shape index (κ1) is 52.7. The molecule has 61 heavy (non-hydrogen) atoms. The molecule has 5 rings (SSSR count). The molecule has 13 nitrogen and oxygen atoms in total. The molecule has 0 saturated heterocycles. The van der Waals surface area contributed by atoms with Crippen LogP contribution in [0.1, 0.15) is 95.4 Å². The van der Waals surface area contributed by atoms with Gasteiger partial charge in [0.2, 0.25) is 23.8 Å². The third-order valence-corrected chi connectivity index (χ3v) is 20.2. The van der Waals surface area contributed by atoms with Crippen molar-refractivity contribution in [2.75, 3.05) is 0 Å². The van der Waals surface area contributed by atoms with E-state index in [9.17, 15) is 5.11 Å². The van der Waals surface area contributed by atoms with Crippen LogP contribution in [0.5, 0.6) is 5.75 Å². The number of halogens is 5. The Hall–Kier alpha value is -2.66. The van der Waals surface area contributed by atoms with Crippen LogP contribution in [0.4, 0.5) is 0 Å². The lowest BCUT2D eigenvalue weighted by Gasteiger charge is -2.35. The van der Waals surface area contributed by atoms with Crippen molar-refractivity contribution >= 4 is 109 Å². The summed E-state index contributed by atoms with van der Waals surface area (Å²) in [7, 11) is -3.85. The van der Waals surface area contributed by atoms with Gasteiger partial charge in [0.15, 0.2) is 27.8 Å². The maximum absolute atomic E-state index is 10.3. The van der Waals surface area contributed by atoms with Gasteiger partial charge in [-0.25, -0.2) is 9.97 Å². The Kier molecular flexibility index (Phi) is 19.7. The van der Waals surface area contributed by atoms with E-state index in [4.69, 9.17) is 97.4 Å². The number of pyridine rings is 2. The third-order valence-electron chi connectivity index (χ3n) is 9.63. The van der Waals surface area contributed by atoms with Crippen molar-refractivity contribution in [2.45, 2.75) is 110 Å². The highest BCUT2D eigenvalue weighted by Gasteiger charge is 2.38. The lowest BCUT2D eigenvalue weighted by molar-refractivity contribution is 0.171. The van der Waals surface area contributed by atoms with Gasteiger partial charge in [0, 0.05) is 30.4 Å². The van der Waals surface area contributed by atoms with E-state index < -0.39 is 28.8 Å². The van der Waals surface area contributed by atoms with E-state index in [2.05, 4.69) is 110 Å². The summed E-state index contributed by atoms with van der Waals surface area (Å²) in [6, 6.07) is 12.3. The Bertz CT molecular complexity index is 2220.